The summed E-state index contributed by atoms with van der Waals surface area (Å²) in [5, 5.41) is 9.64. The van der Waals surface area contributed by atoms with Gasteiger partial charge >= 0.3 is 5.97 Å². The van der Waals surface area contributed by atoms with Crippen molar-refractivity contribution in [2.24, 2.45) is 23.2 Å². The van der Waals surface area contributed by atoms with Crippen molar-refractivity contribution in [2.45, 2.75) is 88.9 Å². The number of rotatable bonds is 3. The lowest BCUT2D eigenvalue weighted by molar-refractivity contribution is -0.231. The third-order valence-corrected chi connectivity index (χ3v) is 10.7. The van der Waals surface area contributed by atoms with Gasteiger partial charge in [0.15, 0.2) is 0 Å². The van der Waals surface area contributed by atoms with Crippen molar-refractivity contribution in [2.75, 3.05) is 0 Å². The van der Waals surface area contributed by atoms with Gasteiger partial charge in [-0.25, -0.2) is 9.78 Å². The number of piperidine rings is 2. The van der Waals surface area contributed by atoms with Gasteiger partial charge in [0.1, 0.15) is 0 Å². The molecule has 2 aromatic rings. The normalized spacial score (nSPS) is 41.7. The second-order valence-corrected chi connectivity index (χ2v) is 11.8. The first-order valence-corrected chi connectivity index (χ1v) is 13.0. The van der Waals surface area contributed by atoms with Crippen LogP contribution in [0.5, 0.6) is 0 Å². The SMILES string of the molecule is CC12C3C[C@@H]1CC(N1[C@@H]4CCC[C@H]1CC(n1c(=O)c(C(=O)O)nc5ccccc51)C4)C[C@H]2C3. The summed E-state index contributed by atoms with van der Waals surface area (Å²) in [7, 11) is 0. The van der Waals surface area contributed by atoms with E-state index in [9.17, 15) is 14.7 Å². The van der Waals surface area contributed by atoms with E-state index in [1.54, 1.807) is 4.57 Å². The Labute approximate surface area is 194 Å². The average Bonchev–Trinajstić information content (AvgIpc) is 2.77. The maximum absolute atomic E-state index is 13.3. The molecule has 33 heavy (non-hydrogen) atoms. The van der Waals surface area contributed by atoms with Crippen LogP contribution in [0.3, 0.4) is 0 Å². The summed E-state index contributed by atoms with van der Waals surface area (Å²) >= 11 is 0. The second-order valence-electron chi connectivity index (χ2n) is 11.8. The monoisotopic (exact) mass is 447 g/mol. The molecule has 3 heterocycles. The molecule has 2 saturated heterocycles. The van der Waals surface area contributed by atoms with Gasteiger partial charge in [0.05, 0.1) is 11.0 Å². The molecule has 6 heteroatoms. The molecule has 3 aliphatic carbocycles. The third-order valence-electron chi connectivity index (χ3n) is 10.7. The molecule has 1 N–H and O–H groups in total. The van der Waals surface area contributed by atoms with E-state index < -0.39 is 11.5 Å². The summed E-state index contributed by atoms with van der Waals surface area (Å²) in [5.74, 6) is 1.61. The van der Waals surface area contributed by atoms with Crippen LogP contribution in [-0.4, -0.2) is 43.7 Å². The minimum atomic E-state index is -1.23. The van der Waals surface area contributed by atoms with E-state index in [0.717, 1.165) is 36.1 Å². The fraction of sp³-hybridized carbons (Fsp3) is 0.667. The molecule has 0 spiro atoms. The Hall–Kier alpha value is -2.21. The Bertz CT molecular complexity index is 1170. The molecule has 1 aromatic heterocycles. The van der Waals surface area contributed by atoms with Gasteiger partial charge in [-0.3, -0.25) is 9.69 Å². The minimum Gasteiger partial charge on any atom is -0.476 e. The zero-order valence-corrected chi connectivity index (χ0v) is 19.3. The highest BCUT2D eigenvalue weighted by molar-refractivity contribution is 5.88. The highest BCUT2D eigenvalue weighted by atomic mass is 16.4. The van der Waals surface area contributed by atoms with E-state index in [4.69, 9.17) is 0 Å². The number of aromatic nitrogens is 2. The predicted molar refractivity (Wildman–Crippen MR) is 125 cm³/mol. The number of carbonyl (C=O) groups is 1. The van der Waals surface area contributed by atoms with Crippen LogP contribution in [0.4, 0.5) is 0 Å². The van der Waals surface area contributed by atoms with E-state index in [-0.39, 0.29) is 11.7 Å². The molecule has 0 radical (unpaired) electrons. The molecule has 6 nitrogen and oxygen atoms in total. The van der Waals surface area contributed by atoms with Crippen LogP contribution in [-0.2, 0) is 0 Å². The first-order chi connectivity index (χ1) is 15.9. The Morgan fingerprint density at radius 3 is 2.21 bits per heavy atom. The summed E-state index contributed by atoms with van der Waals surface area (Å²) in [5.41, 5.74) is 1.23. The quantitative estimate of drug-likeness (QED) is 0.751. The van der Waals surface area contributed by atoms with E-state index >= 15 is 0 Å². The van der Waals surface area contributed by atoms with Crippen LogP contribution in [0.25, 0.3) is 11.0 Å². The summed E-state index contributed by atoms with van der Waals surface area (Å²) in [6.45, 7) is 2.56. The van der Waals surface area contributed by atoms with Crippen molar-refractivity contribution in [1.82, 2.24) is 14.5 Å². The number of hydrogen-bond donors (Lipinski definition) is 1. The number of carboxylic acid groups (broad SMARTS) is 1. The number of hydrogen-bond acceptors (Lipinski definition) is 4. The topological polar surface area (TPSA) is 75.4 Å². The number of para-hydroxylation sites is 2. The lowest BCUT2D eigenvalue weighted by Crippen LogP contribution is -2.68. The van der Waals surface area contributed by atoms with Gasteiger partial charge in [0, 0.05) is 24.2 Å². The summed E-state index contributed by atoms with van der Waals surface area (Å²) in [6, 6.07) is 9.25. The van der Waals surface area contributed by atoms with E-state index in [0.29, 0.717) is 29.1 Å². The van der Waals surface area contributed by atoms with Crippen LogP contribution < -0.4 is 5.56 Å². The van der Waals surface area contributed by atoms with Gasteiger partial charge in [-0.1, -0.05) is 25.5 Å². The highest BCUT2D eigenvalue weighted by Crippen LogP contribution is 2.72. The molecule has 5 aliphatic rings. The molecular formula is C27H33N3O3. The Morgan fingerprint density at radius 2 is 1.58 bits per heavy atom. The second kappa shape index (κ2) is 6.91. The smallest absolute Gasteiger partial charge is 0.360 e. The summed E-state index contributed by atoms with van der Waals surface area (Å²) in [4.78, 5) is 32.2. The maximum atomic E-state index is 13.3. The Balaban J connectivity index is 1.23. The molecule has 3 saturated carbocycles. The number of nitrogens with zero attached hydrogens (tertiary/aromatic N) is 3. The Kier molecular flexibility index (Phi) is 4.23. The van der Waals surface area contributed by atoms with Crippen molar-refractivity contribution in [3.05, 3.63) is 40.3 Å². The molecule has 5 fully saturated rings. The molecule has 2 bridgehead atoms. The van der Waals surface area contributed by atoms with Crippen LogP contribution in [0, 0.1) is 23.2 Å². The van der Waals surface area contributed by atoms with Crippen LogP contribution in [0.2, 0.25) is 0 Å². The summed E-state index contributed by atoms with van der Waals surface area (Å²) in [6.07, 6.45) is 11.2. The van der Waals surface area contributed by atoms with Crippen molar-refractivity contribution in [3.63, 3.8) is 0 Å². The van der Waals surface area contributed by atoms with E-state index in [1.165, 1.54) is 44.9 Å². The molecule has 174 valence electrons. The van der Waals surface area contributed by atoms with Crippen molar-refractivity contribution in [3.8, 4) is 0 Å². The lowest BCUT2D eigenvalue weighted by Gasteiger charge is -2.72. The third kappa shape index (κ3) is 2.67. The fourth-order valence-electron chi connectivity index (χ4n) is 9.03. The zero-order chi connectivity index (χ0) is 22.5. The molecule has 1 unspecified atom stereocenters. The van der Waals surface area contributed by atoms with Gasteiger partial charge in [-0.2, -0.15) is 0 Å². The Morgan fingerprint density at radius 1 is 0.939 bits per heavy atom. The molecular weight excluding hydrogens is 414 g/mol. The standard InChI is InChI=1S/C27H33N3O3/c1-27-15-9-16(27)11-20(12-17(27)10-15)29-18-5-4-6-19(29)14-21(13-18)30-23-8-3-2-7-22(23)28-24(25(30)31)26(32)33/h2-3,7-8,15-21H,4-6,9-14H2,1H3,(H,32,33)/t15?,16-,17-,18-,19+,20?,21?,27?/m1/s1. The first kappa shape index (κ1) is 20.2. The van der Waals surface area contributed by atoms with Crippen molar-refractivity contribution in [1.29, 1.82) is 0 Å². The van der Waals surface area contributed by atoms with Crippen LogP contribution in [0.15, 0.2) is 29.1 Å². The molecule has 7 rings (SSSR count). The van der Waals surface area contributed by atoms with E-state index in [2.05, 4.69) is 16.8 Å². The number of benzene rings is 1. The molecule has 2 aliphatic heterocycles. The lowest BCUT2D eigenvalue weighted by atomic mass is 9.34. The van der Waals surface area contributed by atoms with Gasteiger partial charge in [-0.05, 0) is 86.7 Å². The fourth-order valence-corrected chi connectivity index (χ4v) is 9.03. The largest absolute Gasteiger partial charge is 0.476 e. The van der Waals surface area contributed by atoms with Gasteiger partial charge < -0.3 is 9.67 Å². The van der Waals surface area contributed by atoms with Crippen molar-refractivity contribution >= 4 is 17.0 Å². The predicted octanol–water partition coefficient (Wildman–Crippen LogP) is 4.48. The minimum absolute atomic E-state index is 0.0423. The number of carboxylic acids is 1. The van der Waals surface area contributed by atoms with Gasteiger partial charge in [0.2, 0.25) is 5.69 Å². The number of fused-ring (bicyclic) bond motifs is 3. The maximum Gasteiger partial charge on any atom is 0.360 e. The van der Waals surface area contributed by atoms with Gasteiger partial charge in [-0.15, -0.1) is 0 Å². The zero-order valence-electron chi connectivity index (χ0n) is 19.3. The average molecular weight is 448 g/mol. The van der Waals surface area contributed by atoms with Crippen LogP contribution >= 0.6 is 0 Å². The highest BCUT2D eigenvalue weighted by Gasteiger charge is 2.66. The summed E-state index contributed by atoms with van der Waals surface area (Å²) < 4.78 is 1.79. The molecule has 0 amide bonds. The molecule has 5 atom stereocenters. The van der Waals surface area contributed by atoms with E-state index in [1.807, 2.05) is 24.3 Å². The molecule has 1 aromatic carbocycles. The van der Waals surface area contributed by atoms with Crippen LogP contribution in [0.1, 0.15) is 81.2 Å². The first-order valence-electron chi connectivity index (χ1n) is 13.0. The van der Waals surface area contributed by atoms with Crippen molar-refractivity contribution < 1.29 is 9.90 Å². The number of aromatic carboxylic acids is 1. The van der Waals surface area contributed by atoms with Gasteiger partial charge in [0.25, 0.3) is 5.56 Å².